The molecular weight excluding hydrogens is 242 g/mol. The van der Waals surface area contributed by atoms with Crippen molar-refractivity contribution < 1.29 is 0 Å². The topological polar surface area (TPSA) is 3.24 Å². The lowest BCUT2D eigenvalue weighted by atomic mass is 9.89. The lowest BCUT2D eigenvalue weighted by molar-refractivity contribution is 0.412. The quantitative estimate of drug-likeness (QED) is 0.496. The molecule has 0 heterocycles. The second kappa shape index (κ2) is 9.85. The minimum Gasteiger partial charge on any atom is -0.378 e. The summed E-state index contributed by atoms with van der Waals surface area (Å²) in [6.07, 6.45) is 10.9. The summed E-state index contributed by atoms with van der Waals surface area (Å²) in [4.78, 5) is 2.17. The third-order valence-electron chi connectivity index (χ3n) is 4.16. The number of hydrogen-bond acceptors (Lipinski definition) is 1. The molecule has 0 saturated carbocycles. The molecule has 0 aliphatic rings. The van der Waals surface area contributed by atoms with Crippen LogP contribution in [0, 0.1) is 5.92 Å². The first-order chi connectivity index (χ1) is 9.67. The Morgan fingerprint density at radius 3 is 2.00 bits per heavy atom. The predicted octanol–water partition coefficient (Wildman–Crippen LogP) is 5.68. The lowest BCUT2D eigenvalue weighted by Gasteiger charge is -2.18. The number of benzene rings is 1. The van der Waals surface area contributed by atoms with E-state index in [1.165, 1.54) is 62.6 Å². The molecule has 0 N–H and O–H groups in total. The standard InChI is InChI=1S/C19H33N/c1-5-7-9-11-17(10-8-6-2)16-18-12-14-19(15-13-18)20(3)4/h12-15,17H,5-11,16H2,1-4H3. The monoisotopic (exact) mass is 275 g/mol. The van der Waals surface area contributed by atoms with E-state index in [9.17, 15) is 0 Å². The molecule has 1 aromatic carbocycles. The molecule has 20 heavy (non-hydrogen) atoms. The molecule has 0 aliphatic heterocycles. The lowest BCUT2D eigenvalue weighted by Crippen LogP contribution is -2.09. The highest BCUT2D eigenvalue weighted by Crippen LogP contribution is 2.23. The van der Waals surface area contributed by atoms with Gasteiger partial charge in [0.05, 0.1) is 0 Å². The number of unbranched alkanes of at least 4 members (excludes halogenated alkanes) is 3. The smallest absolute Gasteiger partial charge is 0.0361 e. The van der Waals surface area contributed by atoms with Gasteiger partial charge in [0.2, 0.25) is 0 Å². The highest BCUT2D eigenvalue weighted by Gasteiger charge is 2.09. The van der Waals surface area contributed by atoms with E-state index in [1.54, 1.807) is 0 Å². The summed E-state index contributed by atoms with van der Waals surface area (Å²) in [5.41, 5.74) is 2.80. The van der Waals surface area contributed by atoms with Gasteiger partial charge in [-0.2, -0.15) is 0 Å². The normalized spacial score (nSPS) is 12.4. The molecule has 1 atom stereocenters. The van der Waals surface area contributed by atoms with Crippen molar-refractivity contribution in [2.75, 3.05) is 19.0 Å². The van der Waals surface area contributed by atoms with Gasteiger partial charge in [0.25, 0.3) is 0 Å². The third-order valence-corrected chi connectivity index (χ3v) is 4.16. The predicted molar refractivity (Wildman–Crippen MR) is 91.6 cm³/mol. The molecule has 1 unspecified atom stereocenters. The van der Waals surface area contributed by atoms with Gasteiger partial charge in [-0.3, -0.25) is 0 Å². The summed E-state index contributed by atoms with van der Waals surface area (Å²) < 4.78 is 0. The fourth-order valence-corrected chi connectivity index (χ4v) is 2.79. The van der Waals surface area contributed by atoms with Gasteiger partial charge in [-0.15, -0.1) is 0 Å². The first kappa shape index (κ1) is 17.1. The summed E-state index contributed by atoms with van der Waals surface area (Å²) >= 11 is 0. The SMILES string of the molecule is CCCCCC(CCCC)Cc1ccc(N(C)C)cc1. The van der Waals surface area contributed by atoms with Crippen molar-refractivity contribution in [2.24, 2.45) is 5.92 Å². The van der Waals surface area contributed by atoms with E-state index in [0.29, 0.717) is 0 Å². The Hall–Kier alpha value is -0.980. The van der Waals surface area contributed by atoms with Crippen LogP contribution in [-0.2, 0) is 6.42 Å². The molecule has 0 bridgehead atoms. The number of nitrogens with zero attached hydrogens (tertiary/aromatic N) is 1. The van der Waals surface area contributed by atoms with Gasteiger partial charge in [0.1, 0.15) is 0 Å². The zero-order chi connectivity index (χ0) is 14.8. The van der Waals surface area contributed by atoms with Crippen molar-refractivity contribution in [3.05, 3.63) is 29.8 Å². The van der Waals surface area contributed by atoms with Crippen LogP contribution in [0.1, 0.15) is 64.4 Å². The van der Waals surface area contributed by atoms with Gasteiger partial charge in [-0.1, -0.05) is 70.9 Å². The molecule has 0 aliphatic carbocycles. The fourth-order valence-electron chi connectivity index (χ4n) is 2.79. The molecule has 0 aromatic heterocycles. The van der Waals surface area contributed by atoms with E-state index in [-0.39, 0.29) is 0 Å². The van der Waals surface area contributed by atoms with E-state index >= 15 is 0 Å². The van der Waals surface area contributed by atoms with Gasteiger partial charge in [0, 0.05) is 19.8 Å². The molecular formula is C19H33N. The maximum atomic E-state index is 2.31. The molecule has 1 heteroatoms. The molecule has 0 spiro atoms. The van der Waals surface area contributed by atoms with Crippen molar-refractivity contribution in [3.63, 3.8) is 0 Å². The fraction of sp³-hybridized carbons (Fsp3) is 0.684. The highest BCUT2D eigenvalue weighted by atomic mass is 15.1. The molecule has 1 nitrogen and oxygen atoms in total. The van der Waals surface area contributed by atoms with E-state index in [1.807, 2.05) is 0 Å². The summed E-state index contributed by atoms with van der Waals surface area (Å²) in [6.45, 7) is 4.59. The second-order valence-corrected chi connectivity index (χ2v) is 6.27. The molecule has 0 amide bonds. The van der Waals surface area contributed by atoms with Crippen LogP contribution < -0.4 is 4.90 Å². The second-order valence-electron chi connectivity index (χ2n) is 6.27. The number of hydrogen-bond donors (Lipinski definition) is 0. The minimum absolute atomic E-state index is 0.881. The number of anilines is 1. The van der Waals surface area contributed by atoms with Crippen LogP contribution in [0.25, 0.3) is 0 Å². The Balaban J connectivity index is 2.53. The van der Waals surface area contributed by atoms with Crippen molar-refractivity contribution in [3.8, 4) is 0 Å². The number of rotatable bonds is 10. The van der Waals surface area contributed by atoms with Crippen molar-refractivity contribution in [1.82, 2.24) is 0 Å². The van der Waals surface area contributed by atoms with Gasteiger partial charge < -0.3 is 4.90 Å². The Bertz CT molecular complexity index is 339. The van der Waals surface area contributed by atoms with E-state index in [2.05, 4.69) is 57.1 Å². The Kier molecular flexibility index (Phi) is 8.41. The van der Waals surface area contributed by atoms with Crippen molar-refractivity contribution >= 4 is 5.69 Å². The van der Waals surface area contributed by atoms with Crippen LogP contribution >= 0.6 is 0 Å². The van der Waals surface area contributed by atoms with Gasteiger partial charge in [-0.25, -0.2) is 0 Å². The zero-order valence-electron chi connectivity index (χ0n) is 14.0. The average Bonchev–Trinajstić information content (AvgIpc) is 2.45. The largest absolute Gasteiger partial charge is 0.378 e. The van der Waals surface area contributed by atoms with E-state index in [4.69, 9.17) is 0 Å². The Morgan fingerprint density at radius 1 is 0.850 bits per heavy atom. The Labute approximate surface area is 126 Å². The summed E-state index contributed by atoms with van der Waals surface area (Å²) in [5.74, 6) is 0.881. The van der Waals surface area contributed by atoms with Crippen LogP contribution in [-0.4, -0.2) is 14.1 Å². The van der Waals surface area contributed by atoms with Crippen LogP contribution in [0.5, 0.6) is 0 Å². The van der Waals surface area contributed by atoms with Gasteiger partial charge in [0.15, 0.2) is 0 Å². The van der Waals surface area contributed by atoms with Crippen molar-refractivity contribution in [2.45, 2.75) is 65.2 Å². The average molecular weight is 275 g/mol. The van der Waals surface area contributed by atoms with Gasteiger partial charge >= 0.3 is 0 Å². The van der Waals surface area contributed by atoms with E-state index < -0.39 is 0 Å². The highest BCUT2D eigenvalue weighted by molar-refractivity contribution is 5.46. The Morgan fingerprint density at radius 2 is 1.45 bits per heavy atom. The first-order valence-corrected chi connectivity index (χ1v) is 8.43. The summed E-state index contributed by atoms with van der Waals surface area (Å²) in [7, 11) is 4.20. The van der Waals surface area contributed by atoms with E-state index in [0.717, 1.165) is 5.92 Å². The molecule has 0 fully saturated rings. The van der Waals surface area contributed by atoms with Crippen LogP contribution in [0.4, 0.5) is 5.69 Å². The molecule has 0 saturated heterocycles. The van der Waals surface area contributed by atoms with Crippen LogP contribution in [0.3, 0.4) is 0 Å². The summed E-state index contributed by atoms with van der Waals surface area (Å²) in [5, 5.41) is 0. The maximum Gasteiger partial charge on any atom is 0.0361 e. The van der Waals surface area contributed by atoms with Gasteiger partial charge in [-0.05, 0) is 30.0 Å². The van der Waals surface area contributed by atoms with Crippen molar-refractivity contribution in [1.29, 1.82) is 0 Å². The molecule has 1 aromatic rings. The third kappa shape index (κ3) is 6.45. The minimum atomic E-state index is 0.881. The van der Waals surface area contributed by atoms with Crippen LogP contribution in [0.15, 0.2) is 24.3 Å². The first-order valence-electron chi connectivity index (χ1n) is 8.43. The molecule has 1 rings (SSSR count). The molecule has 114 valence electrons. The maximum absolute atomic E-state index is 2.31. The molecule has 0 radical (unpaired) electrons. The zero-order valence-corrected chi connectivity index (χ0v) is 14.0. The summed E-state index contributed by atoms with van der Waals surface area (Å²) in [6, 6.07) is 9.12. The van der Waals surface area contributed by atoms with Crippen LogP contribution in [0.2, 0.25) is 0 Å².